The van der Waals surface area contributed by atoms with Crippen LogP contribution in [-0.4, -0.2) is 20.4 Å². The van der Waals surface area contributed by atoms with Crippen LogP contribution in [0.4, 0.5) is 5.69 Å². The van der Waals surface area contributed by atoms with Crippen LogP contribution in [0, 0.1) is 20.8 Å². The first-order chi connectivity index (χ1) is 9.93. The number of amides is 1. The lowest BCUT2D eigenvalue weighted by Gasteiger charge is -2.11. The SMILES string of the molecule is CCn1cncc(NC(=O)c2c(C)cc(C)nc2C)c1=O. The summed E-state index contributed by atoms with van der Waals surface area (Å²) in [5.41, 5.74) is 2.73. The van der Waals surface area contributed by atoms with Crippen LogP contribution in [0.15, 0.2) is 23.4 Å². The number of aryl methyl sites for hydroxylation is 4. The first kappa shape index (κ1) is 14.9. The molecule has 0 fully saturated rings. The molecule has 1 N–H and O–H groups in total. The molecule has 0 unspecified atom stereocenters. The van der Waals surface area contributed by atoms with Crippen molar-refractivity contribution in [1.82, 2.24) is 14.5 Å². The summed E-state index contributed by atoms with van der Waals surface area (Å²) >= 11 is 0. The third kappa shape index (κ3) is 2.99. The van der Waals surface area contributed by atoms with Crippen LogP contribution < -0.4 is 10.9 Å². The van der Waals surface area contributed by atoms with E-state index in [1.807, 2.05) is 26.8 Å². The van der Waals surface area contributed by atoms with Crippen LogP contribution in [-0.2, 0) is 6.54 Å². The van der Waals surface area contributed by atoms with Gasteiger partial charge in [0.15, 0.2) is 0 Å². The number of hydrogen-bond donors (Lipinski definition) is 1. The maximum atomic E-state index is 12.4. The maximum absolute atomic E-state index is 12.4. The van der Waals surface area contributed by atoms with Crippen LogP contribution in [0.2, 0.25) is 0 Å². The predicted molar refractivity (Wildman–Crippen MR) is 80.6 cm³/mol. The summed E-state index contributed by atoms with van der Waals surface area (Å²) in [6.45, 7) is 7.85. The molecule has 0 aliphatic rings. The van der Waals surface area contributed by atoms with Crippen LogP contribution in [0.3, 0.4) is 0 Å². The lowest BCUT2D eigenvalue weighted by Crippen LogP contribution is -2.26. The number of carbonyl (C=O) groups is 1. The zero-order valence-corrected chi connectivity index (χ0v) is 12.6. The van der Waals surface area contributed by atoms with Gasteiger partial charge < -0.3 is 5.32 Å². The van der Waals surface area contributed by atoms with Crippen molar-refractivity contribution in [1.29, 1.82) is 0 Å². The number of nitrogens with zero attached hydrogens (tertiary/aromatic N) is 3. The molecule has 110 valence electrons. The lowest BCUT2D eigenvalue weighted by atomic mass is 10.1. The molecule has 0 spiro atoms. The minimum atomic E-state index is -0.342. The van der Waals surface area contributed by atoms with E-state index >= 15 is 0 Å². The zero-order valence-electron chi connectivity index (χ0n) is 12.6. The van der Waals surface area contributed by atoms with Gasteiger partial charge in [-0.05, 0) is 39.3 Å². The molecule has 0 aliphatic carbocycles. The molecule has 0 aromatic carbocycles. The topological polar surface area (TPSA) is 76.9 Å². The molecule has 1 amide bonds. The van der Waals surface area contributed by atoms with Crippen molar-refractivity contribution >= 4 is 11.6 Å². The standard InChI is InChI=1S/C15H18N4O2/c1-5-19-8-16-7-12(15(19)21)18-14(20)13-9(2)6-10(3)17-11(13)4/h6-8H,5H2,1-4H3,(H,18,20). The molecular formula is C15H18N4O2. The van der Waals surface area contributed by atoms with Crippen molar-refractivity contribution < 1.29 is 4.79 Å². The van der Waals surface area contributed by atoms with Crippen molar-refractivity contribution in [3.63, 3.8) is 0 Å². The summed E-state index contributed by atoms with van der Waals surface area (Å²) in [7, 11) is 0. The molecule has 2 aromatic heterocycles. The quantitative estimate of drug-likeness (QED) is 0.934. The Bertz CT molecular complexity index is 727. The number of carbonyl (C=O) groups excluding carboxylic acids is 1. The van der Waals surface area contributed by atoms with Gasteiger partial charge in [-0.2, -0.15) is 0 Å². The number of aromatic nitrogens is 3. The molecule has 0 bridgehead atoms. The van der Waals surface area contributed by atoms with Crippen molar-refractivity contribution in [2.75, 3.05) is 5.32 Å². The highest BCUT2D eigenvalue weighted by molar-refractivity contribution is 6.05. The summed E-state index contributed by atoms with van der Waals surface area (Å²) in [6, 6.07) is 1.84. The minimum Gasteiger partial charge on any atom is -0.316 e. The van der Waals surface area contributed by atoms with Crippen molar-refractivity contribution in [3.8, 4) is 0 Å². The third-order valence-electron chi connectivity index (χ3n) is 3.24. The van der Waals surface area contributed by atoms with Crippen LogP contribution in [0.25, 0.3) is 0 Å². The van der Waals surface area contributed by atoms with Crippen molar-refractivity contribution in [2.45, 2.75) is 34.2 Å². The maximum Gasteiger partial charge on any atom is 0.277 e. The smallest absolute Gasteiger partial charge is 0.277 e. The fourth-order valence-electron chi connectivity index (χ4n) is 2.31. The Morgan fingerprint density at radius 3 is 2.67 bits per heavy atom. The summed E-state index contributed by atoms with van der Waals surface area (Å²) < 4.78 is 1.43. The highest BCUT2D eigenvalue weighted by atomic mass is 16.2. The number of rotatable bonds is 3. The molecule has 0 radical (unpaired) electrons. The minimum absolute atomic E-state index is 0.170. The Morgan fingerprint density at radius 2 is 2.05 bits per heavy atom. The molecule has 0 saturated heterocycles. The van der Waals surface area contributed by atoms with E-state index in [-0.39, 0.29) is 17.2 Å². The molecule has 21 heavy (non-hydrogen) atoms. The van der Waals surface area contributed by atoms with E-state index in [1.165, 1.54) is 17.1 Å². The van der Waals surface area contributed by atoms with Gasteiger partial charge in [-0.1, -0.05) is 0 Å². The highest BCUT2D eigenvalue weighted by Crippen LogP contribution is 2.14. The van der Waals surface area contributed by atoms with E-state index < -0.39 is 0 Å². The lowest BCUT2D eigenvalue weighted by molar-refractivity contribution is 0.102. The van der Waals surface area contributed by atoms with E-state index in [0.717, 1.165) is 11.3 Å². The predicted octanol–water partition coefficient (Wildman–Crippen LogP) is 1.84. The van der Waals surface area contributed by atoms with Crippen LogP contribution in [0.1, 0.15) is 34.2 Å². The van der Waals surface area contributed by atoms with E-state index in [4.69, 9.17) is 0 Å². The van der Waals surface area contributed by atoms with E-state index in [9.17, 15) is 9.59 Å². The molecule has 6 heteroatoms. The van der Waals surface area contributed by atoms with Gasteiger partial charge >= 0.3 is 0 Å². The van der Waals surface area contributed by atoms with Gasteiger partial charge in [0.05, 0.1) is 23.8 Å². The Morgan fingerprint density at radius 1 is 1.33 bits per heavy atom. The van der Waals surface area contributed by atoms with Gasteiger partial charge in [-0.25, -0.2) is 4.98 Å². The number of anilines is 1. The number of nitrogens with one attached hydrogen (secondary N) is 1. The summed E-state index contributed by atoms with van der Waals surface area (Å²) in [5.74, 6) is -0.342. The van der Waals surface area contributed by atoms with Crippen LogP contribution >= 0.6 is 0 Å². The second-order valence-electron chi connectivity index (χ2n) is 4.89. The normalized spacial score (nSPS) is 10.5. The van der Waals surface area contributed by atoms with Gasteiger partial charge in [0.25, 0.3) is 11.5 Å². The molecule has 0 saturated carbocycles. The summed E-state index contributed by atoms with van der Waals surface area (Å²) in [5, 5.41) is 2.63. The average molecular weight is 286 g/mol. The molecule has 2 aromatic rings. The Kier molecular flexibility index (Phi) is 4.16. The number of hydrogen-bond acceptors (Lipinski definition) is 4. The van der Waals surface area contributed by atoms with Gasteiger partial charge in [-0.15, -0.1) is 0 Å². The highest BCUT2D eigenvalue weighted by Gasteiger charge is 2.16. The summed E-state index contributed by atoms with van der Waals surface area (Å²) in [6.07, 6.45) is 2.81. The first-order valence-electron chi connectivity index (χ1n) is 6.74. The zero-order chi connectivity index (χ0) is 15.6. The second kappa shape index (κ2) is 5.87. The van der Waals surface area contributed by atoms with Gasteiger partial charge in [0.1, 0.15) is 5.69 Å². The van der Waals surface area contributed by atoms with Crippen LogP contribution in [0.5, 0.6) is 0 Å². The number of pyridine rings is 1. The van der Waals surface area contributed by atoms with Gasteiger partial charge in [-0.3, -0.25) is 19.1 Å². The van der Waals surface area contributed by atoms with Gasteiger partial charge in [0, 0.05) is 12.2 Å². The molecule has 2 heterocycles. The molecule has 6 nitrogen and oxygen atoms in total. The Labute approximate surface area is 122 Å². The monoisotopic (exact) mass is 286 g/mol. The fourth-order valence-corrected chi connectivity index (χ4v) is 2.31. The van der Waals surface area contributed by atoms with Crippen molar-refractivity contribution in [3.05, 3.63) is 51.5 Å². The molecular weight excluding hydrogens is 268 g/mol. The van der Waals surface area contributed by atoms with Gasteiger partial charge in [0.2, 0.25) is 0 Å². The average Bonchev–Trinajstić information content (AvgIpc) is 2.40. The van der Waals surface area contributed by atoms with E-state index in [2.05, 4.69) is 15.3 Å². The molecule has 2 rings (SSSR count). The molecule has 0 atom stereocenters. The third-order valence-corrected chi connectivity index (χ3v) is 3.24. The molecule has 0 aliphatic heterocycles. The van der Waals surface area contributed by atoms with E-state index in [1.54, 1.807) is 6.92 Å². The largest absolute Gasteiger partial charge is 0.316 e. The Balaban J connectivity index is 2.38. The Hall–Kier alpha value is -2.50. The first-order valence-corrected chi connectivity index (χ1v) is 6.74. The fraction of sp³-hybridized carbons (Fsp3) is 0.333. The van der Waals surface area contributed by atoms with Crippen molar-refractivity contribution in [2.24, 2.45) is 0 Å². The second-order valence-corrected chi connectivity index (χ2v) is 4.89. The summed E-state index contributed by atoms with van der Waals surface area (Å²) in [4.78, 5) is 32.7. The van der Waals surface area contributed by atoms with E-state index in [0.29, 0.717) is 17.8 Å².